The average molecular weight is 304 g/mol. The second-order valence-electron chi connectivity index (χ2n) is 3.76. The molecule has 0 amide bonds. The Morgan fingerprint density at radius 3 is 2.94 bits per heavy atom. The van der Waals surface area contributed by atoms with Crippen molar-refractivity contribution in [2.75, 3.05) is 24.4 Å². The summed E-state index contributed by atoms with van der Waals surface area (Å²) in [4.78, 5) is 1.20. The molecule has 0 saturated heterocycles. The van der Waals surface area contributed by atoms with Gasteiger partial charge in [-0.15, -0.1) is 11.3 Å². The molecule has 0 atom stereocenters. The molecular formula is C12H16O3S3. The number of aliphatic hydroxyl groups is 1. The van der Waals surface area contributed by atoms with Crippen molar-refractivity contribution in [3.63, 3.8) is 0 Å². The third kappa shape index (κ3) is 7.07. The summed E-state index contributed by atoms with van der Waals surface area (Å²) < 4.78 is 21.9. The molecule has 1 aromatic rings. The molecule has 0 radical (unpaired) electrons. The van der Waals surface area contributed by atoms with Crippen molar-refractivity contribution in [1.29, 1.82) is 0 Å². The van der Waals surface area contributed by atoms with Crippen LogP contribution in [0.3, 0.4) is 0 Å². The summed E-state index contributed by atoms with van der Waals surface area (Å²) in [5, 5.41) is 10.6. The van der Waals surface area contributed by atoms with Gasteiger partial charge in [0.15, 0.2) is 0 Å². The lowest BCUT2D eigenvalue weighted by Crippen LogP contribution is -2.04. The third-order valence-corrected chi connectivity index (χ3v) is 5.30. The largest absolute Gasteiger partial charge is 0.395 e. The Morgan fingerprint density at radius 1 is 1.50 bits per heavy atom. The maximum absolute atomic E-state index is 10.9. The van der Waals surface area contributed by atoms with E-state index in [9.17, 15) is 8.42 Å². The lowest BCUT2D eigenvalue weighted by molar-refractivity contribution is 0.305. The zero-order valence-corrected chi connectivity index (χ0v) is 12.6. The van der Waals surface area contributed by atoms with Crippen LogP contribution in [0.15, 0.2) is 11.4 Å². The number of thiophene rings is 1. The Labute approximate surface area is 117 Å². The zero-order valence-electron chi connectivity index (χ0n) is 10.2. The number of hydrogen-bond acceptors (Lipinski definition) is 5. The predicted octanol–water partition coefficient (Wildman–Crippen LogP) is 1.76. The van der Waals surface area contributed by atoms with E-state index in [1.807, 2.05) is 11.4 Å². The molecular weight excluding hydrogens is 288 g/mol. The first kappa shape index (κ1) is 15.6. The second-order valence-corrected chi connectivity index (χ2v) is 8.12. The fourth-order valence-electron chi connectivity index (χ4n) is 1.13. The first-order chi connectivity index (χ1) is 8.51. The zero-order chi connectivity index (χ0) is 13.4. The molecule has 0 bridgehead atoms. The highest BCUT2D eigenvalue weighted by Crippen LogP contribution is 2.20. The summed E-state index contributed by atoms with van der Waals surface area (Å²) in [6, 6.07) is 2.02. The van der Waals surface area contributed by atoms with Crippen LogP contribution in [0.5, 0.6) is 0 Å². The molecule has 0 fully saturated rings. The highest BCUT2D eigenvalue weighted by atomic mass is 32.2. The van der Waals surface area contributed by atoms with Crippen LogP contribution in [0.1, 0.15) is 16.9 Å². The van der Waals surface area contributed by atoms with Gasteiger partial charge in [-0.2, -0.15) is 11.8 Å². The minimum atomic E-state index is -2.85. The van der Waals surface area contributed by atoms with Gasteiger partial charge in [-0.1, -0.05) is 11.8 Å². The Hall–Kier alpha value is -0.480. The van der Waals surface area contributed by atoms with Gasteiger partial charge in [-0.25, -0.2) is 8.42 Å². The summed E-state index contributed by atoms with van der Waals surface area (Å²) in [6.07, 6.45) is 1.75. The number of thioether (sulfide) groups is 1. The molecule has 18 heavy (non-hydrogen) atoms. The molecule has 1 aromatic heterocycles. The van der Waals surface area contributed by atoms with Crippen LogP contribution < -0.4 is 0 Å². The topological polar surface area (TPSA) is 54.4 Å². The standard InChI is InChI=1S/C12H16O3S3/c1-18(14,15)7-6-16-10-12-8-11(9-17-12)4-2-3-5-13/h8-9,13H,3,5-7,10H2,1H3. The summed E-state index contributed by atoms with van der Waals surface area (Å²) in [7, 11) is -2.85. The van der Waals surface area contributed by atoms with E-state index in [0.29, 0.717) is 12.2 Å². The van der Waals surface area contributed by atoms with Gasteiger partial charge >= 0.3 is 0 Å². The number of rotatable bonds is 6. The fourth-order valence-corrected chi connectivity index (χ4v) is 4.36. The van der Waals surface area contributed by atoms with E-state index < -0.39 is 9.84 Å². The molecule has 6 heteroatoms. The van der Waals surface area contributed by atoms with Gasteiger partial charge in [-0.3, -0.25) is 0 Å². The molecule has 0 aliphatic carbocycles. The normalized spacial score (nSPS) is 11.0. The molecule has 0 saturated carbocycles. The lowest BCUT2D eigenvalue weighted by atomic mass is 10.3. The van der Waals surface area contributed by atoms with E-state index in [1.54, 1.807) is 23.1 Å². The average Bonchev–Trinajstić information content (AvgIpc) is 2.72. The third-order valence-electron chi connectivity index (χ3n) is 1.97. The van der Waals surface area contributed by atoms with E-state index in [4.69, 9.17) is 5.11 Å². The van der Waals surface area contributed by atoms with Gasteiger partial charge in [0, 0.05) is 40.0 Å². The number of sulfone groups is 1. The molecule has 0 unspecified atom stereocenters. The fraction of sp³-hybridized carbons (Fsp3) is 0.500. The summed E-state index contributed by atoms with van der Waals surface area (Å²) >= 11 is 3.25. The molecule has 1 rings (SSSR count). The van der Waals surface area contributed by atoms with Gasteiger partial charge in [0.05, 0.1) is 12.4 Å². The van der Waals surface area contributed by atoms with Crippen LogP contribution in [-0.2, 0) is 15.6 Å². The van der Waals surface area contributed by atoms with Gasteiger partial charge in [0.1, 0.15) is 9.84 Å². The van der Waals surface area contributed by atoms with E-state index in [2.05, 4.69) is 11.8 Å². The molecule has 100 valence electrons. The van der Waals surface area contributed by atoms with Crippen LogP contribution in [0.25, 0.3) is 0 Å². The van der Waals surface area contributed by atoms with Crippen LogP contribution in [-0.4, -0.2) is 37.9 Å². The van der Waals surface area contributed by atoms with Crippen LogP contribution in [0.2, 0.25) is 0 Å². The molecule has 3 nitrogen and oxygen atoms in total. The summed E-state index contributed by atoms with van der Waals surface area (Å²) in [5.74, 6) is 7.53. The van der Waals surface area contributed by atoms with Crippen molar-refractivity contribution in [2.45, 2.75) is 12.2 Å². The minimum Gasteiger partial charge on any atom is -0.395 e. The SMILES string of the molecule is CS(=O)(=O)CCSCc1cc(C#CCCO)cs1. The van der Waals surface area contributed by atoms with Crippen molar-refractivity contribution in [3.8, 4) is 11.8 Å². The summed E-state index contributed by atoms with van der Waals surface area (Å²) in [5.41, 5.74) is 0.965. The minimum absolute atomic E-state index is 0.0886. The van der Waals surface area contributed by atoms with Crippen LogP contribution in [0.4, 0.5) is 0 Å². The van der Waals surface area contributed by atoms with Crippen LogP contribution in [0, 0.1) is 11.8 Å². The van der Waals surface area contributed by atoms with Crippen molar-refractivity contribution < 1.29 is 13.5 Å². The summed E-state index contributed by atoms with van der Waals surface area (Å²) in [6.45, 7) is 0.0886. The first-order valence-corrected chi connectivity index (χ1v) is 9.53. The Morgan fingerprint density at radius 2 is 2.28 bits per heavy atom. The highest BCUT2D eigenvalue weighted by molar-refractivity contribution is 8.00. The highest BCUT2D eigenvalue weighted by Gasteiger charge is 2.03. The molecule has 0 spiro atoms. The second kappa shape index (κ2) is 7.85. The van der Waals surface area contributed by atoms with Crippen molar-refractivity contribution in [3.05, 3.63) is 21.9 Å². The van der Waals surface area contributed by atoms with Gasteiger partial charge in [0.2, 0.25) is 0 Å². The maximum atomic E-state index is 10.9. The Kier molecular flexibility index (Phi) is 6.79. The van der Waals surface area contributed by atoms with Crippen LogP contribution >= 0.6 is 23.1 Å². The van der Waals surface area contributed by atoms with Gasteiger partial charge in [-0.05, 0) is 6.07 Å². The predicted molar refractivity (Wildman–Crippen MR) is 78.8 cm³/mol. The van der Waals surface area contributed by atoms with Crippen molar-refractivity contribution in [2.24, 2.45) is 0 Å². The van der Waals surface area contributed by atoms with Crippen molar-refractivity contribution in [1.82, 2.24) is 0 Å². The monoisotopic (exact) mass is 304 g/mol. The quantitative estimate of drug-likeness (QED) is 0.643. The molecule has 1 heterocycles. The molecule has 0 aliphatic heterocycles. The van der Waals surface area contributed by atoms with Crippen molar-refractivity contribution >= 4 is 32.9 Å². The number of aliphatic hydroxyl groups excluding tert-OH is 1. The van der Waals surface area contributed by atoms with E-state index in [-0.39, 0.29) is 12.4 Å². The molecule has 0 aromatic carbocycles. The smallest absolute Gasteiger partial charge is 0.148 e. The molecule has 1 N–H and O–H groups in total. The first-order valence-electron chi connectivity index (χ1n) is 5.44. The lowest BCUT2D eigenvalue weighted by Gasteiger charge is -1.97. The van der Waals surface area contributed by atoms with E-state index >= 15 is 0 Å². The maximum Gasteiger partial charge on any atom is 0.148 e. The number of hydrogen-bond donors (Lipinski definition) is 1. The molecule has 0 aliphatic rings. The van der Waals surface area contributed by atoms with E-state index in [1.165, 1.54) is 11.1 Å². The van der Waals surface area contributed by atoms with Gasteiger partial charge in [0.25, 0.3) is 0 Å². The van der Waals surface area contributed by atoms with E-state index in [0.717, 1.165) is 11.3 Å². The Balaban J connectivity index is 2.34. The van der Waals surface area contributed by atoms with Gasteiger partial charge < -0.3 is 5.11 Å². The Bertz CT molecular complexity index is 520.